The number of likely N-dealkylation sites (tertiary alicyclic amines) is 1. The maximum absolute atomic E-state index is 5.52. The largest absolute Gasteiger partial charge is 0.453 e. The molecule has 0 radical (unpaired) electrons. The van der Waals surface area contributed by atoms with E-state index in [0.717, 1.165) is 28.8 Å². The van der Waals surface area contributed by atoms with Gasteiger partial charge in [-0.3, -0.25) is 4.90 Å². The molecule has 1 saturated heterocycles. The number of furan rings is 1. The lowest BCUT2D eigenvalue weighted by atomic mass is 10.1. The standard InChI is InChI=1S/C12H16BrNO/c1-12(2)9-6-14(7-10(9)12)5-8-3-4-11(13)15-8/h3-4,9-10H,5-7H2,1-2H3. The van der Waals surface area contributed by atoms with E-state index < -0.39 is 0 Å². The highest BCUT2D eigenvalue weighted by Gasteiger charge is 2.61. The van der Waals surface area contributed by atoms with E-state index in [1.54, 1.807) is 0 Å². The first-order valence-corrected chi connectivity index (χ1v) is 6.33. The van der Waals surface area contributed by atoms with Gasteiger partial charge in [0.1, 0.15) is 5.76 Å². The van der Waals surface area contributed by atoms with Crippen molar-refractivity contribution in [3.8, 4) is 0 Å². The van der Waals surface area contributed by atoms with Gasteiger partial charge in [-0.25, -0.2) is 0 Å². The highest BCUT2D eigenvalue weighted by molar-refractivity contribution is 9.10. The van der Waals surface area contributed by atoms with Crippen molar-refractivity contribution in [3.63, 3.8) is 0 Å². The molecule has 1 aromatic rings. The highest BCUT2D eigenvalue weighted by atomic mass is 79.9. The maximum atomic E-state index is 5.52. The SMILES string of the molecule is CC1(C)C2CN(Cc3ccc(Br)o3)CC21. The lowest BCUT2D eigenvalue weighted by Crippen LogP contribution is -2.25. The van der Waals surface area contributed by atoms with Gasteiger partial charge in [0.15, 0.2) is 4.67 Å². The Kier molecular flexibility index (Phi) is 2.05. The summed E-state index contributed by atoms with van der Waals surface area (Å²) in [6.07, 6.45) is 0. The fourth-order valence-corrected chi connectivity index (χ4v) is 3.34. The average Bonchev–Trinajstić information content (AvgIpc) is 2.64. The maximum Gasteiger partial charge on any atom is 0.169 e. The predicted molar refractivity (Wildman–Crippen MR) is 62.4 cm³/mol. The monoisotopic (exact) mass is 269 g/mol. The van der Waals surface area contributed by atoms with Gasteiger partial charge < -0.3 is 4.42 Å². The van der Waals surface area contributed by atoms with Gasteiger partial charge in [0.05, 0.1) is 6.54 Å². The third-order valence-electron chi connectivity index (χ3n) is 4.21. The van der Waals surface area contributed by atoms with Crippen molar-refractivity contribution in [1.29, 1.82) is 0 Å². The molecule has 2 fully saturated rings. The van der Waals surface area contributed by atoms with Gasteiger partial charge >= 0.3 is 0 Å². The fraction of sp³-hybridized carbons (Fsp3) is 0.667. The van der Waals surface area contributed by atoms with E-state index in [1.807, 2.05) is 6.07 Å². The molecule has 3 rings (SSSR count). The molecule has 0 spiro atoms. The van der Waals surface area contributed by atoms with E-state index in [9.17, 15) is 0 Å². The number of rotatable bonds is 2. The minimum Gasteiger partial charge on any atom is -0.453 e. The van der Waals surface area contributed by atoms with Gasteiger partial charge in [-0.05, 0) is 45.3 Å². The Morgan fingerprint density at radius 1 is 1.40 bits per heavy atom. The molecule has 1 saturated carbocycles. The lowest BCUT2D eigenvalue weighted by Gasteiger charge is -2.20. The third kappa shape index (κ3) is 1.56. The van der Waals surface area contributed by atoms with Crippen molar-refractivity contribution in [2.45, 2.75) is 20.4 Å². The van der Waals surface area contributed by atoms with Crippen molar-refractivity contribution in [2.24, 2.45) is 17.3 Å². The summed E-state index contributed by atoms with van der Waals surface area (Å²) in [6, 6.07) is 4.02. The number of halogens is 1. The summed E-state index contributed by atoms with van der Waals surface area (Å²) in [4.78, 5) is 2.51. The van der Waals surface area contributed by atoms with Gasteiger partial charge in [0.25, 0.3) is 0 Å². The van der Waals surface area contributed by atoms with Gasteiger partial charge in [0, 0.05) is 13.1 Å². The molecule has 0 aromatic carbocycles. The van der Waals surface area contributed by atoms with Crippen LogP contribution in [0.2, 0.25) is 0 Å². The molecule has 2 aliphatic rings. The van der Waals surface area contributed by atoms with Crippen molar-refractivity contribution in [1.82, 2.24) is 4.90 Å². The first-order valence-electron chi connectivity index (χ1n) is 5.54. The van der Waals surface area contributed by atoms with Gasteiger partial charge in [0.2, 0.25) is 0 Å². The molecule has 2 nitrogen and oxygen atoms in total. The number of hydrogen-bond donors (Lipinski definition) is 0. The first-order chi connectivity index (χ1) is 7.07. The van der Waals surface area contributed by atoms with Crippen LogP contribution in [0.3, 0.4) is 0 Å². The first kappa shape index (κ1) is 9.91. The topological polar surface area (TPSA) is 16.4 Å². The second kappa shape index (κ2) is 3.11. The highest BCUT2D eigenvalue weighted by Crippen LogP contribution is 2.62. The van der Waals surface area contributed by atoms with Gasteiger partial charge in [-0.1, -0.05) is 13.8 Å². The van der Waals surface area contributed by atoms with Crippen LogP contribution in [0, 0.1) is 17.3 Å². The quantitative estimate of drug-likeness (QED) is 0.821. The van der Waals surface area contributed by atoms with Crippen molar-refractivity contribution in [2.75, 3.05) is 13.1 Å². The minimum atomic E-state index is 0.611. The zero-order valence-corrected chi connectivity index (χ0v) is 10.8. The molecular weight excluding hydrogens is 254 g/mol. The Hall–Kier alpha value is -0.280. The molecule has 3 heteroatoms. The van der Waals surface area contributed by atoms with Crippen molar-refractivity contribution < 1.29 is 4.42 Å². The fourth-order valence-electron chi connectivity index (χ4n) is 3.00. The molecule has 1 aromatic heterocycles. The normalized spacial score (nSPS) is 33.0. The smallest absolute Gasteiger partial charge is 0.169 e. The lowest BCUT2D eigenvalue weighted by molar-refractivity contribution is 0.232. The Labute approximate surface area is 98.8 Å². The number of hydrogen-bond acceptors (Lipinski definition) is 2. The van der Waals surface area contributed by atoms with Crippen LogP contribution in [0.25, 0.3) is 0 Å². The summed E-state index contributed by atoms with van der Waals surface area (Å²) >= 11 is 3.34. The Morgan fingerprint density at radius 3 is 2.60 bits per heavy atom. The van der Waals surface area contributed by atoms with E-state index >= 15 is 0 Å². The van der Waals surface area contributed by atoms with Crippen LogP contribution in [0.4, 0.5) is 0 Å². The zero-order chi connectivity index (χ0) is 10.6. The molecule has 2 atom stereocenters. The second-order valence-electron chi connectivity index (χ2n) is 5.43. The van der Waals surface area contributed by atoms with Crippen molar-refractivity contribution in [3.05, 3.63) is 22.6 Å². The molecule has 2 heterocycles. The molecular formula is C12H16BrNO. The summed E-state index contributed by atoms with van der Waals surface area (Å²) in [6.45, 7) is 8.24. The van der Waals surface area contributed by atoms with Gasteiger partial charge in [-0.15, -0.1) is 0 Å². The molecule has 0 amide bonds. The summed E-state index contributed by atoms with van der Waals surface area (Å²) in [5.41, 5.74) is 0.611. The number of piperidine rings is 1. The summed E-state index contributed by atoms with van der Waals surface area (Å²) in [7, 11) is 0. The van der Waals surface area contributed by atoms with E-state index in [2.05, 4.69) is 40.7 Å². The van der Waals surface area contributed by atoms with Crippen LogP contribution in [0.15, 0.2) is 21.2 Å². The van der Waals surface area contributed by atoms with Crippen LogP contribution >= 0.6 is 15.9 Å². The Balaban J connectivity index is 1.60. The second-order valence-corrected chi connectivity index (χ2v) is 6.22. The zero-order valence-electron chi connectivity index (χ0n) is 9.16. The van der Waals surface area contributed by atoms with Gasteiger partial charge in [-0.2, -0.15) is 0 Å². The summed E-state index contributed by atoms with van der Waals surface area (Å²) in [5, 5.41) is 0. The minimum absolute atomic E-state index is 0.611. The average molecular weight is 270 g/mol. The van der Waals surface area contributed by atoms with E-state index in [-0.39, 0.29) is 0 Å². The van der Waals surface area contributed by atoms with Crippen LogP contribution in [-0.2, 0) is 6.54 Å². The van der Waals surface area contributed by atoms with E-state index in [0.29, 0.717) is 5.41 Å². The van der Waals surface area contributed by atoms with Crippen LogP contribution < -0.4 is 0 Å². The third-order valence-corrected chi connectivity index (χ3v) is 4.63. The molecule has 1 aliphatic carbocycles. The number of fused-ring (bicyclic) bond motifs is 1. The molecule has 0 N–H and O–H groups in total. The summed E-state index contributed by atoms with van der Waals surface area (Å²) < 4.78 is 6.36. The van der Waals surface area contributed by atoms with Crippen molar-refractivity contribution >= 4 is 15.9 Å². The molecule has 0 bridgehead atoms. The Morgan fingerprint density at radius 2 is 2.07 bits per heavy atom. The van der Waals surface area contributed by atoms with Crippen LogP contribution in [-0.4, -0.2) is 18.0 Å². The molecule has 1 aliphatic heterocycles. The molecule has 15 heavy (non-hydrogen) atoms. The van der Waals surface area contributed by atoms with Crippen LogP contribution in [0.5, 0.6) is 0 Å². The predicted octanol–water partition coefficient (Wildman–Crippen LogP) is 3.13. The van der Waals surface area contributed by atoms with E-state index in [4.69, 9.17) is 4.42 Å². The van der Waals surface area contributed by atoms with Crippen LogP contribution in [0.1, 0.15) is 19.6 Å². The van der Waals surface area contributed by atoms with E-state index in [1.165, 1.54) is 13.1 Å². The molecule has 82 valence electrons. The Bertz CT molecular complexity index is 371. The summed E-state index contributed by atoms with van der Waals surface area (Å²) in [5.74, 6) is 2.92. The molecule has 2 unspecified atom stereocenters. The number of nitrogens with zero attached hydrogens (tertiary/aromatic N) is 1.